The van der Waals surface area contributed by atoms with E-state index in [2.05, 4.69) is 29.4 Å². The van der Waals surface area contributed by atoms with Gasteiger partial charge in [-0.2, -0.15) is 0 Å². The predicted octanol–water partition coefficient (Wildman–Crippen LogP) is 4.79. The van der Waals surface area contributed by atoms with Crippen molar-refractivity contribution in [3.8, 4) is 0 Å². The molecular weight excluding hydrogens is 362 g/mol. The maximum atomic E-state index is 12.6. The van der Waals surface area contributed by atoms with E-state index in [1.165, 1.54) is 0 Å². The second-order valence-electron chi connectivity index (χ2n) is 6.76. The van der Waals surface area contributed by atoms with Gasteiger partial charge < -0.3 is 15.5 Å². The van der Waals surface area contributed by atoms with Crippen molar-refractivity contribution < 1.29 is 9.59 Å². The molecule has 0 radical (unpaired) electrons. The fourth-order valence-corrected chi connectivity index (χ4v) is 2.68. The third-order valence-corrected chi connectivity index (χ3v) is 4.74. The summed E-state index contributed by atoms with van der Waals surface area (Å²) in [6.45, 7) is 9.22. The first-order valence-electron chi connectivity index (χ1n) is 9.01. The number of amides is 2. The number of nitrogens with zero attached hydrogens (tertiary/aromatic N) is 1. The van der Waals surface area contributed by atoms with E-state index < -0.39 is 5.41 Å². The molecule has 2 rings (SSSR count). The van der Waals surface area contributed by atoms with Crippen LogP contribution in [-0.4, -0.2) is 24.9 Å². The van der Waals surface area contributed by atoms with Crippen LogP contribution in [0.3, 0.4) is 0 Å². The molecule has 144 valence electrons. The summed E-state index contributed by atoms with van der Waals surface area (Å²) >= 11 is 5.85. The van der Waals surface area contributed by atoms with Crippen molar-refractivity contribution in [2.45, 2.75) is 27.7 Å². The van der Waals surface area contributed by atoms with Gasteiger partial charge in [-0.25, -0.2) is 0 Å². The third kappa shape index (κ3) is 5.23. The highest BCUT2D eigenvalue weighted by Crippen LogP contribution is 2.24. The van der Waals surface area contributed by atoms with Crippen LogP contribution in [0.1, 0.15) is 27.7 Å². The number of carbonyl (C=O) groups excluding carboxylic acids is 2. The van der Waals surface area contributed by atoms with Crippen molar-refractivity contribution in [3.05, 3.63) is 53.6 Å². The highest BCUT2D eigenvalue weighted by molar-refractivity contribution is 6.30. The molecule has 0 bridgehead atoms. The van der Waals surface area contributed by atoms with Gasteiger partial charge in [0.05, 0.1) is 0 Å². The number of benzene rings is 2. The minimum absolute atomic E-state index is 0.371. The fourth-order valence-electron chi connectivity index (χ4n) is 2.56. The molecule has 0 aromatic heterocycles. The number of rotatable bonds is 7. The summed E-state index contributed by atoms with van der Waals surface area (Å²) in [6.07, 6.45) is 0. The average Bonchev–Trinajstić information content (AvgIpc) is 2.65. The largest absolute Gasteiger partial charge is 0.372 e. The van der Waals surface area contributed by atoms with E-state index >= 15 is 0 Å². The van der Waals surface area contributed by atoms with Gasteiger partial charge in [0.1, 0.15) is 5.41 Å². The van der Waals surface area contributed by atoms with Crippen LogP contribution in [-0.2, 0) is 9.59 Å². The summed E-state index contributed by atoms with van der Waals surface area (Å²) in [6, 6.07) is 14.4. The highest BCUT2D eigenvalue weighted by Gasteiger charge is 2.36. The zero-order valence-electron chi connectivity index (χ0n) is 16.2. The van der Waals surface area contributed by atoms with E-state index in [1.54, 1.807) is 38.1 Å². The van der Waals surface area contributed by atoms with Crippen LogP contribution < -0.4 is 15.5 Å². The Hall–Kier alpha value is -2.53. The molecule has 0 fully saturated rings. The Labute approximate surface area is 165 Å². The topological polar surface area (TPSA) is 61.4 Å². The quantitative estimate of drug-likeness (QED) is 0.671. The molecule has 0 spiro atoms. The van der Waals surface area contributed by atoms with Crippen LogP contribution >= 0.6 is 11.6 Å². The van der Waals surface area contributed by atoms with Crippen LogP contribution in [0.4, 0.5) is 17.1 Å². The number of hydrogen-bond acceptors (Lipinski definition) is 3. The fraction of sp³-hybridized carbons (Fsp3) is 0.333. The van der Waals surface area contributed by atoms with Gasteiger partial charge in [-0.1, -0.05) is 11.6 Å². The third-order valence-electron chi connectivity index (χ3n) is 4.49. The van der Waals surface area contributed by atoms with E-state index in [-0.39, 0.29) is 11.8 Å². The monoisotopic (exact) mass is 387 g/mol. The van der Waals surface area contributed by atoms with Crippen molar-refractivity contribution in [3.63, 3.8) is 0 Å². The van der Waals surface area contributed by atoms with Gasteiger partial charge in [0.25, 0.3) is 0 Å². The van der Waals surface area contributed by atoms with Gasteiger partial charge in [0.2, 0.25) is 11.8 Å². The molecule has 2 aromatic rings. The Morgan fingerprint density at radius 1 is 0.852 bits per heavy atom. The molecule has 0 unspecified atom stereocenters. The summed E-state index contributed by atoms with van der Waals surface area (Å²) < 4.78 is 0. The SMILES string of the molecule is CCN(CC)c1ccc(NC(=O)C(C)(C)C(=O)Nc2ccc(Cl)cc2)cc1. The summed E-state index contributed by atoms with van der Waals surface area (Å²) in [5.41, 5.74) is 1.10. The second-order valence-corrected chi connectivity index (χ2v) is 7.20. The average molecular weight is 388 g/mol. The molecule has 2 amide bonds. The molecule has 0 aliphatic carbocycles. The first-order chi connectivity index (χ1) is 12.8. The minimum Gasteiger partial charge on any atom is -0.372 e. The van der Waals surface area contributed by atoms with Gasteiger partial charge >= 0.3 is 0 Å². The van der Waals surface area contributed by atoms with Gasteiger partial charge in [-0.15, -0.1) is 0 Å². The maximum Gasteiger partial charge on any atom is 0.239 e. The molecule has 5 nitrogen and oxygen atoms in total. The summed E-state index contributed by atoms with van der Waals surface area (Å²) in [7, 11) is 0. The zero-order chi connectivity index (χ0) is 20.0. The van der Waals surface area contributed by atoms with Gasteiger partial charge in [-0.3, -0.25) is 9.59 Å². The maximum absolute atomic E-state index is 12.6. The van der Waals surface area contributed by atoms with Crippen LogP contribution in [0.15, 0.2) is 48.5 Å². The molecule has 2 aromatic carbocycles. The van der Waals surface area contributed by atoms with Gasteiger partial charge in [0, 0.05) is 35.2 Å². The Bertz CT molecular complexity index is 782. The van der Waals surface area contributed by atoms with E-state index in [1.807, 2.05) is 24.3 Å². The normalized spacial score (nSPS) is 11.0. The molecular formula is C21H26ClN3O2. The van der Waals surface area contributed by atoms with Gasteiger partial charge in [0.15, 0.2) is 0 Å². The number of nitrogens with one attached hydrogen (secondary N) is 2. The van der Waals surface area contributed by atoms with Crippen molar-refractivity contribution in [1.82, 2.24) is 0 Å². The molecule has 0 atom stereocenters. The summed E-state index contributed by atoms with van der Waals surface area (Å²) in [5, 5.41) is 6.15. The van der Waals surface area contributed by atoms with Crippen LogP contribution in [0.2, 0.25) is 5.02 Å². The number of hydrogen-bond donors (Lipinski definition) is 2. The standard InChI is InChI=1S/C21H26ClN3O2/c1-5-25(6-2)18-13-11-17(12-14-18)24-20(27)21(3,4)19(26)23-16-9-7-15(22)8-10-16/h7-14H,5-6H2,1-4H3,(H,23,26)(H,24,27). The van der Waals surface area contributed by atoms with Crippen molar-refractivity contribution >= 4 is 40.5 Å². The lowest BCUT2D eigenvalue weighted by molar-refractivity contribution is -0.135. The number of halogens is 1. The van der Waals surface area contributed by atoms with Crippen molar-refractivity contribution in [1.29, 1.82) is 0 Å². The van der Waals surface area contributed by atoms with Crippen LogP contribution in [0, 0.1) is 5.41 Å². The van der Waals surface area contributed by atoms with E-state index in [0.717, 1.165) is 18.8 Å². The molecule has 0 aliphatic rings. The second kappa shape index (κ2) is 8.91. The van der Waals surface area contributed by atoms with Crippen LogP contribution in [0.5, 0.6) is 0 Å². The molecule has 6 heteroatoms. The minimum atomic E-state index is -1.24. The Kier molecular flexibility index (Phi) is 6.86. The summed E-state index contributed by atoms with van der Waals surface area (Å²) in [5.74, 6) is -0.758. The van der Waals surface area contributed by atoms with E-state index in [9.17, 15) is 9.59 Å². The molecule has 0 saturated heterocycles. The molecule has 27 heavy (non-hydrogen) atoms. The highest BCUT2D eigenvalue weighted by atomic mass is 35.5. The Morgan fingerprint density at radius 2 is 1.26 bits per heavy atom. The molecule has 0 saturated carbocycles. The number of carbonyl (C=O) groups is 2. The first-order valence-corrected chi connectivity index (χ1v) is 9.39. The van der Waals surface area contributed by atoms with Crippen molar-refractivity contribution in [2.75, 3.05) is 28.6 Å². The summed E-state index contributed by atoms with van der Waals surface area (Å²) in [4.78, 5) is 27.4. The van der Waals surface area contributed by atoms with Crippen LogP contribution in [0.25, 0.3) is 0 Å². The van der Waals surface area contributed by atoms with Crippen molar-refractivity contribution in [2.24, 2.45) is 5.41 Å². The Morgan fingerprint density at radius 3 is 1.67 bits per heavy atom. The van der Waals surface area contributed by atoms with E-state index in [0.29, 0.717) is 16.4 Å². The lowest BCUT2D eigenvalue weighted by Gasteiger charge is -2.24. The first kappa shape index (κ1) is 20.8. The van der Waals surface area contributed by atoms with E-state index in [4.69, 9.17) is 11.6 Å². The number of anilines is 3. The predicted molar refractivity (Wildman–Crippen MR) is 112 cm³/mol. The molecule has 2 N–H and O–H groups in total. The molecule has 0 heterocycles. The lowest BCUT2D eigenvalue weighted by atomic mass is 9.90. The lowest BCUT2D eigenvalue weighted by Crippen LogP contribution is -2.41. The Balaban J connectivity index is 2.04. The van der Waals surface area contributed by atoms with Gasteiger partial charge in [-0.05, 0) is 76.2 Å². The smallest absolute Gasteiger partial charge is 0.239 e. The molecule has 0 aliphatic heterocycles. The zero-order valence-corrected chi connectivity index (χ0v) is 16.9.